The molecule has 0 saturated heterocycles. The third-order valence-electron chi connectivity index (χ3n) is 4.45. The highest BCUT2D eigenvalue weighted by atomic mass is 32.2. The van der Waals surface area contributed by atoms with Gasteiger partial charge in [0.15, 0.2) is 0 Å². The van der Waals surface area contributed by atoms with E-state index < -0.39 is 21.9 Å². The van der Waals surface area contributed by atoms with E-state index in [-0.39, 0.29) is 5.91 Å². The molecule has 1 amide bonds. The summed E-state index contributed by atoms with van der Waals surface area (Å²) in [5.74, 6) is -0.630. The van der Waals surface area contributed by atoms with Crippen molar-refractivity contribution in [3.63, 3.8) is 0 Å². The Bertz CT molecular complexity index is 905. The van der Waals surface area contributed by atoms with Gasteiger partial charge >= 0.3 is 0 Å². The van der Waals surface area contributed by atoms with Gasteiger partial charge in [0.05, 0.1) is 5.71 Å². The molecule has 6 heteroatoms. The predicted molar refractivity (Wildman–Crippen MR) is 108 cm³/mol. The molecule has 0 bridgehead atoms. The fourth-order valence-corrected chi connectivity index (χ4v) is 3.56. The van der Waals surface area contributed by atoms with Crippen molar-refractivity contribution in [3.8, 4) is 0 Å². The van der Waals surface area contributed by atoms with Gasteiger partial charge in [-0.15, -0.1) is 0 Å². The number of amides is 1. The van der Waals surface area contributed by atoms with E-state index in [0.717, 1.165) is 23.2 Å². The Morgan fingerprint density at radius 2 is 1.93 bits per heavy atom. The van der Waals surface area contributed by atoms with Crippen LogP contribution in [-0.2, 0) is 17.8 Å². The maximum atomic E-state index is 13.4. The van der Waals surface area contributed by atoms with Gasteiger partial charge in [-0.1, -0.05) is 16.5 Å². The maximum absolute atomic E-state index is 13.4. The van der Waals surface area contributed by atoms with Gasteiger partial charge in [-0.25, -0.2) is 4.39 Å². The lowest BCUT2D eigenvalue weighted by atomic mass is 10.1. The number of fused-ring (bicyclic) bond motifs is 1. The van der Waals surface area contributed by atoms with Crippen LogP contribution in [0.5, 0.6) is 0 Å². The summed E-state index contributed by atoms with van der Waals surface area (Å²) in [5.41, 5.74) is 3.81. The second-order valence-corrected chi connectivity index (χ2v) is 9.50. The fourth-order valence-electron chi connectivity index (χ4n) is 2.93. The summed E-state index contributed by atoms with van der Waals surface area (Å²) in [5, 5.41) is 0. The van der Waals surface area contributed by atoms with Gasteiger partial charge in [0.1, 0.15) is 21.9 Å². The zero-order valence-electron chi connectivity index (χ0n) is 16.0. The molecule has 3 rings (SSSR count). The third-order valence-corrected chi connectivity index (χ3v) is 5.94. The van der Waals surface area contributed by atoms with E-state index in [1.807, 2.05) is 45.9 Å². The zero-order chi connectivity index (χ0) is 19.8. The molecule has 2 aromatic rings. The molecular formula is C21H23FN2O2S. The molecule has 0 N–H and O–H groups in total. The summed E-state index contributed by atoms with van der Waals surface area (Å²) in [7, 11) is 0. The average molecular weight is 386 g/mol. The Hall–Kier alpha value is -2.18. The SMILES string of the molecule is C/C(=N\[S@+]([O-])C(C)(C)C)c1ccc2c(c1)CCN2C(=O)c1cccc(F)c1. The van der Waals surface area contributed by atoms with Gasteiger partial charge < -0.3 is 9.45 Å². The Balaban J connectivity index is 1.85. The van der Waals surface area contributed by atoms with Crippen molar-refractivity contribution < 1.29 is 13.7 Å². The van der Waals surface area contributed by atoms with Crippen LogP contribution in [0.1, 0.15) is 49.2 Å². The van der Waals surface area contributed by atoms with Crippen molar-refractivity contribution in [3.05, 3.63) is 65.0 Å². The van der Waals surface area contributed by atoms with Crippen molar-refractivity contribution in [2.45, 2.75) is 38.9 Å². The molecule has 1 heterocycles. The van der Waals surface area contributed by atoms with Crippen molar-refractivity contribution in [2.75, 3.05) is 11.4 Å². The van der Waals surface area contributed by atoms with Gasteiger partial charge in [0.2, 0.25) is 0 Å². The van der Waals surface area contributed by atoms with E-state index in [0.29, 0.717) is 17.8 Å². The Morgan fingerprint density at radius 1 is 1.19 bits per heavy atom. The van der Waals surface area contributed by atoms with Crippen molar-refractivity contribution in [2.24, 2.45) is 4.40 Å². The normalized spacial score (nSPS) is 15.6. The number of nitrogens with zero attached hydrogens (tertiary/aromatic N) is 2. The van der Waals surface area contributed by atoms with Crippen molar-refractivity contribution in [1.82, 2.24) is 0 Å². The van der Waals surface area contributed by atoms with Gasteiger partial charge in [0.25, 0.3) is 5.91 Å². The number of anilines is 1. The molecule has 1 aliphatic heterocycles. The standard InChI is InChI=1S/C21H23FN2O2S/c1-14(23-27(26)21(2,3)4)15-8-9-19-16(12-15)10-11-24(19)20(25)17-6-5-7-18(22)13-17/h5-9,12-13H,10-11H2,1-4H3/b23-14+/t27-/m1/s1. The van der Waals surface area contributed by atoms with Crippen LogP contribution in [0.15, 0.2) is 46.9 Å². The van der Waals surface area contributed by atoms with Crippen LogP contribution in [-0.4, -0.2) is 27.5 Å². The molecule has 0 aromatic heterocycles. The van der Waals surface area contributed by atoms with Crippen LogP contribution in [0.25, 0.3) is 0 Å². The van der Waals surface area contributed by atoms with E-state index in [1.54, 1.807) is 11.0 Å². The predicted octanol–water partition coefficient (Wildman–Crippen LogP) is 4.30. The number of hydrogen-bond donors (Lipinski definition) is 0. The Kier molecular flexibility index (Phi) is 5.40. The van der Waals surface area contributed by atoms with E-state index in [1.165, 1.54) is 18.2 Å². The van der Waals surface area contributed by atoms with E-state index >= 15 is 0 Å². The first kappa shape index (κ1) is 19.6. The molecule has 1 aliphatic rings. The lowest BCUT2D eigenvalue weighted by Gasteiger charge is -2.19. The number of halogens is 1. The van der Waals surface area contributed by atoms with Crippen LogP contribution in [0.2, 0.25) is 0 Å². The second kappa shape index (κ2) is 7.44. The highest BCUT2D eigenvalue weighted by molar-refractivity contribution is 7.91. The molecule has 1 atom stereocenters. The van der Waals surface area contributed by atoms with E-state index in [4.69, 9.17) is 0 Å². The fraction of sp³-hybridized carbons (Fsp3) is 0.333. The topological polar surface area (TPSA) is 55.7 Å². The number of benzene rings is 2. The minimum absolute atomic E-state index is 0.208. The number of carbonyl (C=O) groups is 1. The smallest absolute Gasteiger partial charge is 0.258 e. The van der Waals surface area contributed by atoms with Crippen LogP contribution in [0.3, 0.4) is 0 Å². The average Bonchev–Trinajstić information content (AvgIpc) is 3.03. The summed E-state index contributed by atoms with van der Waals surface area (Å²) in [6.07, 6.45) is 0.722. The summed E-state index contributed by atoms with van der Waals surface area (Å²) in [6, 6.07) is 11.5. The van der Waals surface area contributed by atoms with Crippen LogP contribution < -0.4 is 4.90 Å². The Labute approximate surface area is 162 Å². The summed E-state index contributed by atoms with van der Waals surface area (Å²) in [6.45, 7) is 8.06. The lowest BCUT2D eigenvalue weighted by molar-refractivity contribution is 0.0989. The molecule has 0 fully saturated rings. The summed E-state index contributed by atoms with van der Waals surface area (Å²) in [4.78, 5) is 14.4. The summed E-state index contributed by atoms with van der Waals surface area (Å²) >= 11 is -1.32. The molecule has 0 spiro atoms. The van der Waals surface area contributed by atoms with Crippen LogP contribution in [0.4, 0.5) is 10.1 Å². The van der Waals surface area contributed by atoms with Crippen molar-refractivity contribution >= 4 is 28.7 Å². The number of hydrogen-bond acceptors (Lipinski definition) is 3. The largest absolute Gasteiger partial charge is 0.591 e. The quantitative estimate of drug-likeness (QED) is 0.583. The first-order valence-electron chi connectivity index (χ1n) is 8.85. The molecule has 0 radical (unpaired) electrons. The maximum Gasteiger partial charge on any atom is 0.258 e. The number of carbonyl (C=O) groups excluding carboxylic acids is 1. The first-order valence-corrected chi connectivity index (χ1v) is 9.95. The van der Waals surface area contributed by atoms with E-state index in [2.05, 4.69) is 4.40 Å². The molecule has 142 valence electrons. The minimum Gasteiger partial charge on any atom is -0.591 e. The molecule has 0 unspecified atom stereocenters. The van der Waals surface area contributed by atoms with Gasteiger partial charge in [0, 0.05) is 23.4 Å². The zero-order valence-corrected chi connectivity index (χ0v) is 16.8. The van der Waals surface area contributed by atoms with Crippen LogP contribution in [0, 0.1) is 5.82 Å². The number of rotatable bonds is 3. The third kappa shape index (κ3) is 4.22. The monoisotopic (exact) mass is 386 g/mol. The molecule has 0 saturated carbocycles. The van der Waals surface area contributed by atoms with Gasteiger partial charge in [-0.3, -0.25) is 4.79 Å². The van der Waals surface area contributed by atoms with Crippen LogP contribution >= 0.6 is 0 Å². The van der Waals surface area contributed by atoms with Crippen molar-refractivity contribution in [1.29, 1.82) is 0 Å². The molecule has 4 nitrogen and oxygen atoms in total. The molecular weight excluding hydrogens is 363 g/mol. The van der Waals surface area contributed by atoms with Gasteiger partial charge in [-0.05, 0) is 70.0 Å². The molecule has 2 aromatic carbocycles. The molecule has 0 aliphatic carbocycles. The summed E-state index contributed by atoms with van der Waals surface area (Å²) < 4.78 is 29.6. The Morgan fingerprint density at radius 3 is 2.59 bits per heavy atom. The lowest BCUT2D eigenvalue weighted by Crippen LogP contribution is -2.28. The van der Waals surface area contributed by atoms with E-state index in [9.17, 15) is 13.7 Å². The second-order valence-electron chi connectivity index (χ2n) is 7.60. The first-order chi connectivity index (χ1) is 12.7. The molecule has 27 heavy (non-hydrogen) atoms. The minimum atomic E-state index is -1.32. The highest BCUT2D eigenvalue weighted by Gasteiger charge is 2.28. The highest BCUT2D eigenvalue weighted by Crippen LogP contribution is 2.31. The van der Waals surface area contributed by atoms with Gasteiger partial charge in [-0.2, -0.15) is 0 Å².